The van der Waals surface area contributed by atoms with Crippen LogP contribution in [0.5, 0.6) is 0 Å². The van der Waals surface area contributed by atoms with Crippen LogP contribution in [-0.4, -0.2) is 34.7 Å². The van der Waals surface area contributed by atoms with E-state index in [4.69, 9.17) is 0 Å². The zero-order valence-electron chi connectivity index (χ0n) is 9.79. The Balaban J connectivity index is 2.00. The number of fused-ring (bicyclic) bond motifs is 2. The summed E-state index contributed by atoms with van der Waals surface area (Å²) in [7, 11) is 2.19. The fraction of sp³-hybridized carbons (Fsp3) is 0.846. The van der Waals surface area contributed by atoms with E-state index in [2.05, 4.69) is 30.7 Å². The Morgan fingerprint density at radius 1 is 1.27 bits per heavy atom. The van der Waals surface area contributed by atoms with Crippen LogP contribution in [0.2, 0.25) is 0 Å². The lowest BCUT2D eigenvalue weighted by atomic mass is 9.84. The predicted octanol–water partition coefficient (Wildman–Crippen LogP) is 1.78. The molecule has 0 aromatic carbocycles. The Morgan fingerprint density at radius 3 is 2.40 bits per heavy atom. The standard InChI is InChI=1S/C13H21NO/c1-3-4-5-8-13(15)9-11-6-7-12(10-13)14(11)2/h11-12,15H,3,6-10H2,1-2H3. The lowest BCUT2D eigenvalue weighted by molar-refractivity contribution is -0.0403. The molecular weight excluding hydrogens is 186 g/mol. The molecule has 0 radical (unpaired) electrons. The van der Waals surface area contributed by atoms with Gasteiger partial charge in [0.15, 0.2) is 0 Å². The van der Waals surface area contributed by atoms with Gasteiger partial charge in [-0.2, -0.15) is 0 Å². The van der Waals surface area contributed by atoms with Crippen LogP contribution in [0.25, 0.3) is 0 Å². The van der Waals surface area contributed by atoms with Crippen molar-refractivity contribution in [1.29, 1.82) is 0 Å². The molecule has 84 valence electrons. The Bertz CT molecular complexity index is 275. The first-order valence-corrected chi connectivity index (χ1v) is 6.05. The van der Waals surface area contributed by atoms with E-state index in [0.717, 1.165) is 19.3 Å². The predicted molar refractivity (Wildman–Crippen MR) is 61.4 cm³/mol. The highest BCUT2D eigenvalue weighted by molar-refractivity contribution is 5.08. The second kappa shape index (κ2) is 4.15. The molecule has 2 aliphatic heterocycles. The number of nitrogens with zero attached hydrogens (tertiary/aromatic N) is 1. The monoisotopic (exact) mass is 207 g/mol. The second-order valence-corrected chi connectivity index (χ2v) is 5.07. The first-order chi connectivity index (χ1) is 7.14. The maximum atomic E-state index is 10.5. The van der Waals surface area contributed by atoms with Gasteiger partial charge in [0.25, 0.3) is 0 Å². The van der Waals surface area contributed by atoms with Crippen molar-refractivity contribution in [2.75, 3.05) is 7.05 Å². The van der Waals surface area contributed by atoms with Crippen molar-refractivity contribution >= 4 is 0 Å². The summed E-state index contributed by atoms with van der Waals surface area (Å²) in [6.45, 7) is 2.05. The van der Waals surface area contributed by atoms with Crippen molar-refractivity contribution in [2.24, 2.45) is 0 Å². The molecule has 2 saturated heterocycles. The average Bonchev–Trinajstić information content (AvgIpc) is 2.44. The minimum Gasteiger partial charge on any atom is -0.389 e. The second-order valence-electron chi connectivity index (χ2n) is 5.07. The normalized spacial score (nSPS) is 39.9. The molecule has 0 spiro atoms. The summed E-state index contributed by atoms with van der Waals surface area (Å²) in [5, 5.41) is 10.5. The highest BCUT2D eigenvalue weighted by Gasteiger charge is 2.45. The molecule has 0 aromatic rings. The van der Waals surface area contributed by atoms with Gasteiger partial charge in [0.2, 0.25) is 0 Å². The van der Waals surface area contributed by atoms with E-state index in [-0.39, 0.29) is 0 Å². The lowest BCUT2D eigenvalue weighted by Crippen LogP contribution is -2.49. The van der Waals surface area contributed by atoms with Crippen molar-refractivity contribution in [1.82, 2.24) is 4.90 Å². The van der Waals surface area contributed by atoms with Crippen LogP contribution in [-0.2, 0) is 0 Å². The van der Waals surface area contributed by atoms with Gasteiger partial charge in [-0.05, 0) is 32.7 Å². The molecule has 2 unspecified atom stereocenters. The molecule has 2 fully saturated rings. The number of aliphatic hydroxyl groups is 1. The molecule has 15 heavy (non-hydrogen) atoms. The van der Waals surface area contributed by atoms with Crippen LogP contribution in [0.1, 0.15) is 45.4 Å². The van der Waals surface area contributed by atoms with E-state index in [9.17, 15) is 5.11 Å². The summed E-state index contributed by atoms with van der Waals surface area (Å²) in [4.78, 5) is 2.45. The summed E-state index contributed by atoms with van der Waals surface area (Å²) in [5.41, 5.74) is -0.499. The molecule has 0 amide bonds. The summed E-state index contributed by atoms with van der Waals surface area (Å²) in [5.74, 6) is 6.17. The van der Waals surface area contributed by atoms with Gasteiger partial charge in [0.1, 0.15) is 0 Å². The van der Waals surface area contributed by atoms with Gasteiger partial charge in [-0.15, -0.1) is 11.8 Å². The number of hydrogen-bond donors (Lipinski definition) is 1. The van der Waals surface area contributed by atoms with Gasteiger partial charge < -0.3 is 10.0 Å². The third-order valence-electron chi connectivity index (χ3n) is 3.94. The van der Waals surface area contributed by atoms with Crippen LogP contribution in [0, 0.1) is 11.8 Å². The highest BCUT2D eigenvalue weighted by Crippen LogP contribution is 2.40. The summed E-state index contributed by atoms with van der Waals surface area (Å²) >= 11 is 0. The average molecular weight is 207 g/mol. The van der Waals surface area contributed by atoms with Crippen LogP contribution >= 0.6 is 0 Å². The smallest absolute Gasteiger partial charge is 0.0786 e. The lowest BCUT2D eigenvalue weighted by Gasteiger charge is -2.41. The van der Waals surface area contributed by atoms with Crippen molar-refractivity contribution in [3.8, 4) is 11.8 Å². The van der Waals surface area contributed by atoms with E-state index in [1.165, 1.54) is 12.8 Å². The molecule has 2 bridgehead atoms. The molecule has 1 N–H and O–H groups in total. The Morgan fingerprint density at radius 2 is 1.87 bits per heavy atom. The molecule has 2 rings (SSSR count). The van der Waals surface area contributed by atoms with Gasteiger partial charge in [-0.3, -0.25) is 0 Å². The largest absolute Gasteiger partial charge is 0.389 e. The fourth-order valence-electron chi connectivity index (χ4n) is 3.04. The van der Waals surface area contributed by atoms with Gasteiger partial charge in [-0.1, -0.05) is 6.92 Å². The first kappa shape index (κ1) is 11.0. The number of hydrogen-bond acceptors (Lipinski definition) is 2. The SMILES string of the molecule is CCC#CCC1(O)CC2CCC(C1)N2C. The van der Waals surface area contributed by atoms with E-state index >= 15 is 0 Å². The van der Waals surface area contributed by atoms with E-state index in [1.807, 2.05) is 0 Å². The Hall–Kier alpha value is -0.520. The number of piperidine rings is 1. The summed E-state index contributed by atoms with van der Waals surface area (Å²) < 4.78 is 0. The topological polar surface area (TPSA) is 23.5 Å². The van der Waals surface area contributed by atoms with E-state index < -0.39 is 5.60 Å². The molecule has 2 nitrogen and oxygen atoms in total. The Labute approximate surface area is 92.7 Å². The summed E-state index contributed by atoms with van der Waals surface area (Å²) in [6.07, 6.45) is 5.90. The Kier molecular flexibility index (Phi) is 3.04. The van der Waals surface area contributed by atoms with Gasteiger partial charge >= 0.3 is 0 Å². The van der Waals surface area contributed by atoms with Gasteiger partial charge in [-0.25, -0.2) is 0 Å². The molecule has 2 atom stereocenters. The molecule has 0 aliphatic carbocycles. The van der Waals surface area contributed by atoms with Crippen molar-refractivity contribution in [3.05, 3.63) is 0 Å². The molecule has 0 saturated carbocycles. The van der Waals surface area contributed by atoms with Crippen LogP contribution in [0.3, 0.4) is 0 Å². The maximum Gasteiger partial charge on any atom is 0.0786 e. The molecular formula is C13H21NO. The minimum atomic E-state index is -0.499. The highest BCUT2D eigenvalue weighted by atomic mass is 16.3. The molecule has 0 aromatic heterocycles. The third kappa shape index (κ3) is 2.19. The van der Waals surface area contributed by atoms with Gasteiger partial charge in [0, 0.05) is 24.9 Å². The van der Waals surface area contributed by atoms with Crippen molar-refractivity contribution in [2.45, 2.75) is 63.1 Å². The zero-order chi connectivity index (χ0) is 10.9. The van der Waals surface area contributed by atoms with Crippen molar-refractivity contribution < 1.29 is 5.11 Å². The van der Waals surface area contributed by atoms with Crippen molar-refractivity contribution in [3.63, 3.8) is 0 Å². The maximum absolute atomic E-state index is 10.5. The van der Waals surface area contributed by atoms with Crippen LogP contribution < -0.4 is 0 Å². The van der Waals surface area contributed by atoms with Crippen LogP contribution in [0.4, 0.5) is 0 Å². The zero-order valence-corrected chi connectivity index (χ0v) is 9.79. The van der Waals surface area contributed by atoms with E-state index in [1.54, 1.807) is 0 Å². The fourth-order valence-corrected chi connectivity index (χ4v) is 3.04. The molecule has 2 aliphatic rings. The molecule has 2 heteroatoms. The van der Waals surface area contributed by atoms with E-state index in [0.29, 0.717) is 18.5 Å². The molecule has 2 heterocycles. The van der Waals surface area contributed by atoms with Crippen LogP contribution in [0.15, 0.2) is 0 Å². The minimum absolute atomic E-state index is 0.499. The summed E-state index contributed by atoms with van der Waals surface area (Å²) in [6, 6.07) is 1.19. The first-order valence-electron chi connectivity index (χ1n) is 6.05. The quantitative estimate of drug-likeness (QED) is 0.662. The van der Waals surface area contributed by atoms with Gasteiger partial charge in [0.05, 0.1) is 5.60 Å². The third-order valence-corrected chi connectivity index (χ3v) is 3.94. The number of rotatable bonds is 1.